The van der Waals surface area contributed by atoms with Gasteiger partial charge in [-0.25, -0.2) is 0 Å². The van der Waals surface area contributed by atoms with Gasteiger partial charge in [0.1, 0.15) is 0 Å². The van der Waals surface area contributed by atoms with E-state index < -0.39 is 0 Å². The minimum atomic E-state index is -0.257. The first-order valence-electron chi connectivity index (χ1n) is 4.67. The van der Waals surface area contributed by atoms with Gasteiger partial charge in [0, 0.05) is 23.9 Å². The number of amides is 1. The lowest BCUT2D eigenvalue weighted by atomic mass is 10.2. The second kappa shape index (κ2) is 5.12. The zero-order chi connectivity index (χ0) is 10.6. The van der Waals surface area contributed by atoms with Crippen molar-refractivity contribution in [1.82, 2.24) is 5.32 Å². The smallest absolute Gasteiger partial charge is 0.218 e. The van der Waals surface area contributed by atoms with E-state index in [2.05, 4.69) is 30.6 Å². The molecule has 0 aliphatic heterocycles. The van der Waals surface area contributed by atoms with Gasteiger partial charge in [0.05, 0.1) is 0 Å². The Bertz CT molecular complexity index is 309. The summed E-state index contributed by atoms with van der Waals surface area (Å²) in [5.74, 6) is -0.257. The Labute approximate surface area is 88.3 Å². The van der Waals surface area contributed by atoms with Crippen LogP contribution in [0.2, 0.25) is 0 Å². The Morgan fingerprint density at radius 1 is 1.71 bits per heavy atom. The lowest BCUT2D eigenvalue weighted by molar-refractivity contribution is -0.117. The van der Waals surface area contributed by atoms with E-state index in [0.29, 0.717) is 19.0 Å². The number of primary amides is 1. The van der Waals surface area contributed by atoms with Crippen molar-refractivity contribution in [2.45, 2.75) is 26.3 Å². The van der Waals surface area contributed by atoms with Crippen molar-refractivity contribution in [1.29, 1.82) is 0 Å². The Morgan fingerprint density at radius 3 is 2.93 bits per heavy atom. The number of aryl methyl sites for hydroxylation is 1. The molecule has 1 aromatic heterocycles. The fourth-order valence-corrected chi connectivity index (χ4v) is 2.29. The molecule has 0 aromatic carbocycles. The van der Waals surface area contributed by atoms with Crippen LogP contribution < -0.4 is 11.1 Å². The number of rotatable bonds is 5. The van der Waals surface area contributed by atoms with Gasteiger partial charge in [0.15, 0.2) is 0 Å². The molecule has 14 heavy (non-hydrogen) atoms. The van der Waals surface area contributed by atoms with Gasteiger partial charge in [-0.3, -0.25) is 4.79 Å². The summed E-state index contributed by atoms with van der Waals surface area (Å²) in [6.07, 6.45) is 0.398. The molecule has 1 heterocycles. The van der Waals surface area contributed by atoms with Crippen LogP contribution in [-0.4, -0.2) is 12.5 Å². The van der Waals surface area contributed by atoms with E-state index in [1.54, 1.807) is 11.3 Å². The average Bonchev–Trinajstić information content (AvgIpc) is 2.50. The third-order valence-corrected chi connectivity index (χ3v) is 3.32. The quantitative estimate of drug-likeness (QED) is 0.778. The van der Waals surface area contributed by atoms with Crippen molar-refractivity contribution in [3.05, 3.63) is 21.9 Å². The number of thiophene rings is 1. The number of hydrogen-bond acceptors (Lipinski definition) is 3. The average molecular weight is 212 g/mol. The zero-order valence-electron chi connectivity index (χ0n) is 8.54. The van der Waals surface area contributed by atoms with Crippen LogP contribution in [0.5, 0.6) is 0 Å². The van der Waals surface area contributed by atoms with E-state index in [4.69, 9.17) is 5.73 Å². The van der Waals surface area contributed by atoms with Crippen LogP contribution in [-0.2, 0) is 4.79 Å². The van der Waals surface area contributed by atoms with E-state index in [1.165, 1.54) is 10.4 Å². The third-order valence-electron chi connectivity index (χ3n) is 2.12. The molecule has 1 aromatic rings. The molecule has 1 amide bonds. The molecule has 1 atom stereocenters. The molecule has 3 N–H and O–H groups in total. The maximum atomic E-state index is 10.5. The fraction of sp³-hybridized carbons (Fsp3) is 0.500. The largest absolute Gasteiger partial charge is 0.370 e. The molecule has 3 nitrogen and oxygen atoms in total. The first kappa shape index (κ1) is 11.2. The van der Waals surface area contributed by atoms with E-state index in [0.717, 1.165) is 0 Å². The summed E-state index contributed by atoms with van der Waals surface area (Å²) in [6.45, 7) is 4.84. The lowest BCUT2D eigenvalue weighted by Crippen LogP contribution is -2.24. The standard InChI is InChI=1S/C10H16N2OS/c1-7-4-6-14-10(7)8(2)12-5-3-9(11)13/h4,6,8,12H,3,5H2,1-2H3,(H2,11,13). The van der Waals surface area contributed by atoms with Gasteiger partial charge in [-0.05, 0) is 30.9 Å². The molecule has 0 radical (unpaired) electrons. The second-order valence-electron chi connectivity index (χ2n) is 3.36. The molecule has 0 saturated heterocycles. The van der Waals surface area contributed by atoms with Crippen molar-refractivity contribution in [2.24, 2.45) is 5.73 Å². The minimum Gasteiger partial charge on any atom is -0.370 e. The van der Waals surface area contributed by atoms with Gasteiger partial charge in [0.2, 0.25) is 5.91 Å². The predicted octanol–water partition coefficient (Wildman–Crippen LogP) is 1.58. The highest BCUT2D eigenvalue weighted by molar-refractivity contribution is 7.10. The molecule has 0 saturated carbocycles. The molecule has 0 bridgehead atoms. The normalized spacial score (nSPS) is 12.7. The fourth-order valence-electron chi connectivity index (χ4n) is 1.33. The molecule has 1 unspecified atom stereocenters. The molecule has 0 aliphatic carbocycles. The van der Waals surface area contributed by atoms with Crippen molar-refractivity contribution >= 4 is 17.2 Å². The van der Waals surface area contributed by atoms with Crippen LogP contribution >= 0.6 is 11.3 Å². The summed E-state index contributed by atoms with van der Waals surface area (Å²) >= 11 is 1.74. The van der Waals surface area contributed by atoms with Crippen LogP contribution in [0, 0.1) is 6.92 Å². The van der Waals surface area contributed by atoms with Crippen LogP contribution in [0.1, 0.15) is 29.8 Å². The van der Waals surface area contributed by atoms with Crippen molar-refractivity contribution in [3.8, 4) is 0 Å². The third kappa shape index (κ3) is 3.12. The molecular weight excluding hydrogens is 196 g/mol. The summed E-state index contributed by atoms with van der Waals surface area (Å²) in [7, 11) is 0. The number of nitrogens with one attached hydrogen (secondary N) is 1. The van der Waals surface area contributed by atoms with Crippen LogP contribution in [0.3, 0.4) is 0 Å². The number of carbonyl (C=O) groups excluding carboxylic acids is 1. The molecule has 0 aliphatic rings. The Morgan fingerprint density at radius 2 is 2.43 bits per heavy atom. The van der Waals surface area contributed by atoms with Gasteiger partial charge in [0.25, 0.3) is 0 Å². The molecule has 0 fully saturated rings. The van der Waals surface area contributed by atoms with Crippen LogP contribution in [0.25, 0.3) is 0 Å². The van der Waals surface area contributed by atoms with Crippen molar-refractivity contribution in [3.63, 3.8) is 0 Å². The van der Waals surface area contributed by atoms with Gasteiger partial charge < -0.3 is 11.1 Å². The van der Waals surface area contributed by atoms with Crippen molar-refractivity contribution in [2.75, 3.05) is 6.54 Å². The number of nitrogens with two attached hydrogens (primary N) is 1. The van der Waals surface area contributed by atoms with E-state index in [9.17, 15) is 4.79 Å². The van der Waals surface area contributed by atoms with E-state index >= 15 is 0 Å². The number of hydrogen-bond donors (Lipinski definition) is 2. The van der Waals surface area contributed by atoms with Gasteiger partial charge in [-0.2, -0.15) is 0 Å². The van der Waals surface area contributed by atoms with Crippen LogP contribution in [0.4, 0.5) is 0 Å². The lowest BCUT2D eigenvalue weighted by Gasteiger charge is -2.12. The predicted molar refractivity (Wildman–Crippen MR) is 59.3 cm³/mol. The van der Waals surface area contributed by atoms with Crippen molar-refractivity contribution < 1.29 is 4.79 Å². The Kier molecular flexibility index (Phi) is 4.10. The zero-order valence-corrected chi connectivity index (χ0v) is 9.36. The maximum absolute atomic E-state index is 10.5. The van der Waals surface area contributed by atoms with Crippen LogP contribution in [0.15, 0.2) is 11.4 Å². The molecule has 78 valence electrons. The summed E-state index contributed by atoms with van der Waals surface area (Å²) in [5.41, 5.74) is 6.35. The monoisotopic (exact) mass is 212 g/mol. The highest BCUT2D eigenvalue weighted by atomic mass is 32.1. The SMILES string of the molecule is Cc1ccsc1C(C)NCCC(N)=O. The first-order valence-corrected chi connectivity index (χ1v) is 5.55. The Hall–Kier alpha value is -0.870. The molecular formula is C10H16N2OS. The first-order chi connectivity index (χ1) is 6.61. The van der Waals surface area contributed by atoms with Gasteiger partial charge >= 0.3 is 0 Å². The highest BCUT2D eigenvalue weighted by Crippen LogP contribution is 2.23. The van der Waals surface area contributed by atoms with Gasteiger partial charge in [-0.15, -0.1) is 11.3 Å². The summed E-state index contributed by atoms with van der Waals surface area (Å²) in [5, 5.41) is 5.35. The molecule has 0 spiro atoms. The number of carbonyl (C=O) groups is 1. The van der Waals surface area contributed by atoms with Gasteiger partial charge in [-0.1, -0.05) is 0 Å². The minimum absolute atomic E-state index is 0.257. The summed E-state index contributed by atoms with van der Waals surface area (Å²) in [4.78, 5) is 11.8. The molecule has 4 heteroatoms. The maximum Gasteiger partial charge on any atom is 0.218 e. The summed E-state index contributed by atoms with van der Waals surface area (Å²) < 4.78 is 0. The van der Waals surface area contributed by atoms with E-state index in [1.807, 2.05) is 0 Å². The second-order valence-corrected chi connectivity index (χ2v) is 4.31. The summed E-state index contributed by atoms with van der Waals surface area (Å²) in [6, 6.07) is 2.40. The Balaban J connectivity index is 2.39. The van der Waals surface area contributed by atoms with E-state index in [-0.39, 0.29) is 5.91 Å². The topological polar surface area (TPSA) is 55.1 Å². The molecule has 1 rings (SSSR count). The highest BCUT2D eigenvalue weighted by Gasteiger charge is 2.08.